The molecule has 1 heterocycles. The van der Waals surface area contributed by atoms with Crippen molar-refractivity contribution in [2.24, 2.45) is 0 Å². The summed E-state index contributed by atoms with van der Waals surface area (Å²) >= 11 is 1.36. The molecular formula is C11H9F3N2S. The monoisotopic (exact) mass is 258 g/mol. The molecule has 0 bridgehead atoms. The first-order valence-electron chi connectivity index (χ1n) is 4.78. The van der Waals surface area contributed by atoms with Crippen molar-refractivity contribution in [3.8, 4) is 10.6 Å². The Bertz CT molecular complexity index is 509. The van der Waals surface area contributed by atoms with Crippen LogP contribution in [0.1, 0.15) is 10.4 Å². The Kier molecular flexibility index (Phi) is 2.82. The lowest BCUT2D eigenvalue weighted by Crippen LogP contribution is -2.03. The topological polar surface area (TPSA) is 38.9 Å². The van der Waals surface area contributed by atoms with E-state index in [2.05, 4.69) is 4.98 Å². The zero-order valence-electron chi connectivity index (χ0n) is 8.88. The molecule has 0 saturated carbocycles. The van der Waals surface area contributed by atoms with Crippen molar-refractivity contribution in [2.45, 2.75) is 13.1 Å². The second kappa shape index (κ2) is 4.03. The lowest BCUT2D eigenvalue weighted by atomic mass is 10.1. The number of halogens is 3. The van der Waals surface area contributed by atoms with Crippen molar-refractivity contribution in [1.82, 2.24) is 4.98 Å². The maximum atomic E-state index is 12.4. The van der Waals surface area contributed by atoms with E-state index in [-0.39, 0.29) is 0 Å². The molecule has 0 aliphatic rings. The largest absolute Gasteiger partial charge is 0.416 e. The maximum absolute atomic E-state index is 12.4. The predicted octanol–water partition coefficient (Wildman–Crippen LogP) is 3.72. The number of nitrogen functional groups attached to an aromatic ring is 1. The molecule has 0 aliphatic heterocycles. The summed E-state index contributed by atoms with van der Waals surface area (Å²) in [7, 11) is 0. The van der Waals surface area contributed by atoms with E-state index in [1.165, 1.54) is 23.5 Å². The molecule has 1 aromatic carbocycles. The number of anilines is 1. The van der Waals surface area contributed by atoms with Gasteiger partial charge >= 0.3 is 6.18 Å². The fourth-order valence-electron chi connectivity index (χ4n) is 1.33. The van der Waals surface area contributed by atoms with Crippen LogP contribution < -0.4 is 5.73 Å². The number of hydrogen-bond acceptors (Lipinski definition) is 3. The SMILES string of the molecule is Cc1sc(-c2ccc(C(F)(F)F)cc2)nc1N. The Morgan fingerprint density at radius 3 is 2.18 bits per heavy atom. The molecule has 17 heavy (non-hydrogen) atoms. The normalized spacial score (nSPS) is 11.8. The summed E-state index contributed by atoms with van der Waals surface area (Å²) in [6.07, 6.45) is -4.31. The molecule has 2 rings (SSSR count). The highest BCUT2D eigenvalue weighted by atomic mass is 32.1. The number of nitrogens with two attached hydrogens (primary N) is 1. The quantitative estimate of drug-likeness (QED) is 0.846. The van der Waals surface area contributed by atoms with Crippen molar-refractivity contribution in [2.75, 3.05) is 5.73 Å². The number of rotatable bonds is 1. The van der Waals surface area contributed by atoms with E-state index in [9.17, 15) is 13.2 Å². The minimum atomic E-state index is -4.31. The van der Waals surface area contributed by atoms with Crippen LogP contribution in [-0.4, -0.2) is 4.98 Å². The fourth-order valence-corrected chi connectivity index (χ4v) is 2.17. The molecule has 0 amide bonds. The van der Waals surface area contributed by atoms with Gasteiger partial charge in [-0.15, -0.1) is 11.3 Å². The first-order valence-corrected chi connectivity index (χ1v) is 5.60. The number of thiazole rings is 1. The zero-order valence-corrected chi connectivity index (χ0v) is 9.69. The van der Waals surface area contributed by atoms with Gasteiger partial charge in [-0.05, 0) is 19.1 Å². The van der Waals surface area contributed by atoms with Gasteiger partial charge in [-0.1, -0.05) is 12.1 Å². The summed E-state index contributed by atoms with van der Waals surface area (Å²) in [5, 5.41) is 0.633. The van der Waals surface area contributed by atoms with E-state index < -0.39 is 11.7 Å². The van der Waals surface area contributed by atoms with Crippen LogP contribution in [0.4, 0.5) is 19.0 Å². The second-order valence-electron chi connectivity index (χ2n) is 3.54. The third kappa shape index (κ3) is 2.41. The molecule has 0 unspecified atom stereocenters. The highest BCUT2D eigenvalue weighted by Crippen LogP contribution is 2.33. The van der Waals surface area contributed by atoms with Crippen LogP contribution in [0.5, 0.6) is 0 Å². The minimum absolute atomic E-state index is 0.421. The van der Waals surface area contributed by atoms with Gasteiger partial charge in [-0.25, -0.2) is 4.98 Å². The van der Waals surface area contributed by atoms with Crippen LogP contribution in [0.15, 0.2) is 24.3 Å². The van der Waals surface area contributed by atoms with Gasteiger partial charge < -0.3 is 5.73 Å². The summed E-state index contributed by atoms with van der Waals surface area (Å²) in [4.78, 5) is 4.95. The highest BCUT2D eigenvalue weighted by Gasteiger charge is 2.30. The average molecular weight is 258 g/mol. The lowest BCUT2D eigenvalue weighted by Gasteiger charge is -2.06. The summed E-state index contributed by atoms with van der Waals surface area (Å²) in [5.74, 6) is 0.421. The Hall–Kier alpha value is -1.56. The van der Waals surface area contributed by atoms with Gasteiger partial charge in [0.15, 0.2) is 0 Å². The molecule has 0 aliphatic carbocycles. The van der Waals surface area contributed by atoms with Crippen LogP contribution in [0, 0.1) is 6.92 Å². The molecule has 2 nitrogen and oxygen atoms in total. The van der Waals surface area contributed by atoms with Crippen LogP contribution in [0.3, 0.4) is 0 Å². The fraction of sp³-hybridized carbons (Fsp3) is 0.182. The summed E-state index contributed by atoms with van der Waals surface area (Å²) in [6, 6.07) is 4.89. The van der Waals surface area contributed by atoms with E-state index in [1.807, 2.05) is 6.92 Å². The summed E-state index contributed by atoms with van der Waals surface area (Å²) in [5.41, 5.74) is 5.57. The van der Waals surface area contributed by atoms with Crippen LogP contribution in [0.25, 0.3) is 10.6 Å². The maximum Gasteiger partial charge on any atom is 0.416 e. The number of aromatic nitrogens is 1. The van der Waals surface area contributed by atoms with E-state index in [1.54, 1.807) is 0 Å². The molecular weight excluding hydrogens is 249 g/mol. The number of hydrogen-bond donors (Lipinski definition) is 1. The van der Waals surface area contributed by atoms with E-state index >= 15 is 0 Å². The van der Waals surface area contributed by atoms with Gasteiger partial charge in [0.25, 0.3) is 0 Å². The third-order valence-corrected chi connectivity index (χ3v) is 3.33. The van der Waals surface area contributed by atoms with E-state index in [0.717, 1.165) is 17.0 Å². The van der Waals surface area contributed by atoms with E-state index in [0.29, 0.717) is 16.4 Å². The molecule has 0 fully saturated rings. The van der Waals surface area contributed by atoms with Crippen molar-refractivity contribution in [3.05, 3.63) is 34.7 Å². The number of alkyl halides is 3. The summed E-state index contributed by atoms with van der Waals surface area (Å²) < 4.78 is 37.1. The van der Waals surface area contributed by atoms with Crippen molar-refractivity contribution in [3.63, 3.8) is 0 Å². The number of nitrogens with zero attached hydrogens (tertiary/aromatic N) is 1. The Balaban J connectivity index is 2.36. The molecule has 0 spiro atoms. The molecule has 1 aromatic heterocycles. The van der Waals surface area contributed by atoms with E-state index in [4.69, 9.17) is 5.73 Å². The van der Waals surface area contributed by atoms with Crippen molar-refractivity contribution < 1.29 is 13.2 Å². The first-order chi connectivity index (χ1) is 7.88. The lowest BCUT2D eigenvalue weighted by molar-refractivity contribution is -0.137. The number of aryl methyl sites for hydroxylation is 1. The van der Waals surface area contributed by atoms with Gasteiger partial charge in [0.05, 0.1) is 5.56 Å². The smallest absolute Gasteiger partial charge is 0.383 e. The molecule has 2 aromatic rings. The zero-order chi connectivity index (χ0) is 12.6. The molecule has 6 heteroatoms. The van der Waals surface area contributed by atoms with Gasteiger partial charge in [0.1, 0.15) is 10.8 Å². The predicted molar refractivity (Wildman–Crippen MR) is 61.7 cm³/mol. The standard InChI is InChI=1S/C11H9F3N2S/c1-6-9(15)16-10(17-6)7-2-4-8(5-3-7)11(12,13)14/h2-5H,15H2,1H3. The van der Waals surface area contributed by atoms with Crippen LogP contribution in [0.2, 0.25) is 0 Å². The average Bonchev–Trinajstić information content (AvgIpc) is 2.58. The Labute approximate surface area is 99.9 Å². The van der Waals surface area contributed by atoms with Crippen molar-refractivity contribution >= 4 is 17.2 Å². The molecule has 0 radical (unpaired) electrons. The van der Waals surface area contributed by atoms with Gasteiger partial charge in [-0.3, -0.25) is 0 Å². The second-order valence-corrected chi connectivity index (χ2v) is 4.74. The number of benzene rings is 1. The first kappa shape index (κ1) is 11.9. The summed E-state index contributed by atoms with van der Waals surface area (Å²) in [6.45, 7) is 1.82. The van der Waals surface area contributed by atoms with Crippen molar-refractivity contribution in [1.29, 1.82) is 0 Å². The molecule has 0 saturated heterocycles. The van der Waals surface area contributed by atoms with Gasteiger partial charge in [0.2, 0.25) is 0 Å². The highest BCUT2D eigenvalue weighted by molar-refractivity contribution is 7.15. The molecule has 90 valence electrons. The molecule has 2 N–H and O–H groups in total. The van der Waals surface area contributed by atoms with Gasteiger partial charge in [-0.2, -0.15) is 13.2 Å². The minimum Gasteiger partial charge on any atom is -0.383 e. The third-order valence-electron chi connectivity index (χ3n) is 2.29. The van der Waals surface area contributed by atoms with Gasteiger partial charge in [0, 0.05) is 10.4 Å². The Morgan fingerprint density at radius 1 is 1.18 bits per heavy atom. The van der Waals surface area contributed by atoms with Crippen LogP contribution in [-0.2, 0) is 6.18 Å². The Morgan fingerprint density at radius 2 is 1.76 bits per heavy atom. The molecule has 0 atom stereocenters. The van der Waals surface area contributed by atoms with Crippen LogP contribution >= 0.6 is 11.3 Å².